The van der Waals surface area contributed by atoms with Crippen molar-refractivity contribution in [3.63, 3.8) is 0 Å². The normalized spacial score (nSPS) is 15.2. The molecular weight excluding hydrogens is 271 g/mol. The Hall–Kier alpha value is -0.410. The summed E-state index contributed by atoms with van der Waals surface area (Å²) >= 11 is 3.25. The first-order valence-corrected chi connectivity index (χ1v) is 6.24. The minimum atomic E-state index is -0.249. The van der Waals surface area contributed by atoms with Gasteiger partial charge < -0.3 is 5.11 Å². The fourth-order valence-electron chi connectivity index (χ4n) is 1.56. The second kappa shape index (κ2) is 5.28. The predicted molar refractivity (Wildman–Crippen MR) is 67.8 cm³/mol. The molecule has 1 nitrogen and oxygen atoms in total. The van der Waals surface area contributed by atoms with Crippen LogP contribution in [-0.2, 0) is 6.42 Å². The summed E-state index contributed by atoms with van der Waals surface area (Å²) in [7, 11) is 0. The molecule has 0 amide bonds. The summed E-state index contributed by atoms with van der Waals surface area (Å²) in [5.41, 5.74) is 0.696. The quantitative estimate of drug-likeness (QED) is 0.894. The molecule has 1 aromatic carbocycles. The molecule has 0 fully saturated rings. The first kappa shape index (κ1) is 13.7. The Bertz CT molecular complexity index is 365. The van der Waals surface area contributed by atoms with Crippen LogP contribution < -0.4 is 0 Å². The standard InChI is InChI=1S/C13H18BrFO/c1-9(2)13(3,8-16)7-10-5-4-6-11(15)12(10)14/h4-6,9,16H,7-8H2,1-3H3. The summed E-state index contributed by atoms with van der Waals surface area (Å²) in [5.74, 6) is 0.0919. The monoisotopic (exact) mass is 288 g/mol. The molecule has 3 heteroatoms. The van der Waals surface area contributed by atoms with Crippen LogP contribution >= 0.6 is 15.9 Å². The van der Waals surface area contributed by atoms with E-state index in [1.54, 1.807) is 6.07 Å². The molecule has 0 saturated carbocycles. The van der Waals surface area contributed by atoms with Gasteiger partial charge in [-0.15, -0.1) is 0 Å². The van der Waals surface area contributed by atoms with E-state index in [4.69, 9.17) is 0 Å². The van der Waals surface area contributed by atoms with E-state index in [0.717, 1.165) is 5.56 Å². The maximum atomic E-state index is 13.4. The summed E-state index contributed by atoms with van der Waals surface area (Å²) in [6.07, 6.45) is 0.666. The van der Waals surface area contributed by atoms with Gasteiger partial charge >= 0.3 is 0 Å². The van der Waals surface area contributed by atoms with Gasteiger partial charge in [-0.25, -0.2) is 4.39 Å². The summed E-state index contributed by atoms with van der Waals surface area (Å²) in [4.78, 5) is 0. The first-order chi connectivity index (χ1) is 7.40. The Morgan fingerprint density at radius 1 is 1.44 bits per heavy atom. The van der Waals surface area contributed by atoms with Gasteiger partial charge in [-0.1, -0.05) is 32.9 Å². The van der Waals surface area contributed by atoms with Crippen LogP contribution in [0.15, 0.2) is 22.7 Å². The van der Waals surface area contributed by atoms with Gasteiger partial charge in [0.2, 0.25) is 0 Å². The zero-order chi connectivity index (χ0) is 12.3. The second-order valence-corrected chi connectivity index (χ2v) is 5.65. The molecule has 0 aromatic heterocycles. The molecule has 0 bridgehead atoms. The molecule has 1 atom stereocenters. The molecule has 0 saturated heterocycles. The van der Waals surface area contributed by atoms with Gasteiger partial charge in [-0.3, -0.25) is 0 Å². The van der Waals surface area contributed by atoms with E-state index in [1.165, 1.54) is 6.07 Å². The lowest BCUT2D eigenvalue weighted by Gasteiger charge is -2.32. The number of benzene rings is 1. The molecule has 1 rings (SSSR count). The molecule has 0 aliphatic rings. The van der Waals surface area contributed by atoms with Gasteiger partial charge in [-0.2, -0.15) is 0 Å². The summed E-state index contributed by atoms with van der Waals surface area (Å²) < 4.78 is 13.9. The van der Waals surface area contributed by atoms with Crippen LogP contribution in [0.2, 0.25) is 0 Å². The molecular formula is C13H18BrFO. The van der Waals surface area contributed by atoms with Crippen LogP contribution in [0, 0.1) is 17.2 Å². The van der Waals surface area contributed by atoms with Gasteiger partial charge in [0, 0.05) is 6.61 Å². The average molecular weight is 289 g/mol. The first-order valence-electron chi connectivity index (χ1n) is 5.44. The lowest BCUT2D eigenvalue weighted by atomic mass is 9.75. The minimum Gasteiger partial charge on any atom is -0.396 e. The van der Waals surface area contributed by atoms with Crippen molar-refractivity contribution < 1.29 is 9.50 Å². The molecule has 90 valence electrons. The second-order valence-electron chi connectivity index (χ2n) is 4.86. The van der Waals surface area contributed by atoms with Crippen LogP contribution in [-0.4, -0.2) is 11.7 Å². The van der Waals surface area contributed by atoms with Crippen molar-refractivity contribution in [3.05, 3.63) is 34.1 Å². The number of hydrogen-bond donors (Lipinski definition) is 1. The van der Waals surface area contributed by atoms with E-state index < -0.39 is 0 Å². The van der Waals surface area contributed by atoms with Gasteiger partial charge in [0.1, 0.15) is 5.82 Å². The third-order valence-corrected chi connectivity index (χ3v) is 4.27. The topological polar surface area (TPSA) is 20.2 Å². The Morgan fingerprint density at radius 3 is 2.56 bits per heavy atom. The SMILES string of the molecule is CC(C)C(C)(CO)Cc1cccc(F)c1Br. The highest BCUT2D eigenvalue weighted by atomic mass is 79.9. The van der Waals surface area contributed by atoms with E-state index in [0.29, 0.717) is 16.8 Å². The smallest absolute Gasteiger partial charge is 0.137 e. The van der Waals surface area contributed by atoms with Gasteiger partial charge in [0.25, 0.3) is 0 Å². The van der Waals surface area contributed by atoms with Crippen molar-refractivity contribution in [2.45, 2.75) is 27.2 Å². The summed E-state index contributed by atoms with van der Waals surface area (Å²) in [6.45, 7) is 6.27. The van der Waals surface area contributed by atoms with Crippen molar-refractivity contribution in [1.29, 1.82) is 0 Å². The molecule has 0 spiro atoms. The number of rotatable bonds is 4. The fourth-order valence-corrected chi connectivity index (χ4v) is 1.97. The van der Waals surface area contributed by atoms with Crippen LogP contribution in [0.1, 0.15) is 26.3 Å². The van der Waals surface area contributed by atoms with Crippen LogP contribution in [0.3, 0.4) is 0 Å². The third-order valence-electron chi connectivity index (χ3n) is 3.38. The largest absolute Gasteiger partial charge is 0.396 e. The minimum absolute atomic E-state index is 0.105. The van der Waals surface area contributed by atoms with Crippen molar-refractivity contribution in [3.8, 4) is 0 Å². The summed E-state index contributed by atoms with van der Waals surface area (Å²) in [5, 5.41) is 9.47. The Balaban J connectivity index is 2.99. The van der Waals surface area contributed by atoms with E-state index in [9.17, 15) is 9.50 Å². The molecule has 16 heavy (non-hydrogen) atoms. The molecule has 0 aliphatic carbocycles. The Morgan fingerprint density at radius 2 is 2.06 bits per heavy atom. The van der Waals surface area contributed by atoms with Crippen molar-refractivity contribution >= 4 is 15.9 Å². The molecule has 0 heterocycles. The zero-order valence-corrected chi connectivity index (χ0v) is 11.5. The van der Waals surface area contributed by atoms with Gasteiger partial charge in [0.15, 0.2) is 0 Å². The van der Waals surface area contributed by atoms with Crippen molar-refractivity contribution in [2.75, 3.05) is 6.61 Å². The summed E-state index contributed by atoms with van der Waals surface area (Å²) in [6, 6.07) is 5.02. The average Bonchev–Trinajstić information content (AvgIpc) is 2.24. The molecule has 1 N–H and O–H groups in total. The molecule has 1 aromatic rings. The number of hydrogen-bond acceptors (Lipinski definition) is 1. The van der Waals surface area contributed by atoms with E-state index in [-0.39, 0.29) is 17.8 Å². The highest BCUT2D eigenvalue weighted by Gasteiger charge is 2.28. The van der Waals surface area contributed by atoms with Crippen LogP contribution in [0.25, 0.3) is 0 Å². The zero-order valence-electron chi connectivity index (χ0n) is 9.93. The highest BCUT2D eigenvalue weighted by molar-refractivity contribution is 9.10. The van der Waals surface area contributed by atoms with Gasteiger partial charge in [0.05, 0.1) is 4.47 Å². The van der Waals surface area contributed by atoms with Crippen molar-refractivity contribution in [1.82, 2.24) is 0 Å². The van der Waals surface area contributed by atoms with E-state index >= 15 is 0 Å². The third kappa shape index (κ3) is 2.83. The predicted octanol–water partition coefficient (Wildman–Crippen LogP) is 3.79. The maximum Gasteiger partial charge on any atom is 0.137 e. The lowest BCUT2D eigenvalue weighted by Crippen LogP contribution is -2.30. The van der Waals surface area contributed by atoms with Gasteiger partial charge in [-0.05, 0) is 45.3 Å². The fraction of sp³-hybridized carbons (Fsp3) is 0.538. The Labute approximate surface area is 105 Å². The van der Waals surface area contributed by atoms with E-state index in [1.807, 2.05) is 13.0 Å². The molecule has 1 unspecified atom stereocenters. The number of aliphatic hydroxyl groups is 1. The van der Waals surface area contributed by atoms with Crippen molar-refractivity contribution in [2.24, 2.45) is 11.3 Å². The Kier molecular flexibility index (Phi) is 4.51. The molecule has 0 aliphatic heterocycles. The van der Waals surface area contributed by atoms with Crippen LogP contribution in [0.5, 0.6) is 0 Å². The number of halogens is 2. The lowest BCUT2D eigenvalue weighted by molar-refractivity contribution is 0.0945. The van der Waals surface area contributed by atoms with E-state index in [2.05, 4.69) is 29.8 Å². The van der Waals surface area contributed by atoms with Crippen LogP contribution in [0.4, 0.5) is 4.39 Å². The molecule has 0 radical (unpaired) electrons. The maximum absolute atomic E-state index is 13.4. The number of aliphatic hydroxyl groups excluding tert-OH is 1. The highest BCUT2D eigenvalue weighted by Crippen LogP contribution is 2.33.